The molecule has 2 heterocycles. The van der Waals surface area contributed by atoms with Gasteiger partial charge in [0, 0.05) is 21.5 Å². The Balaban J connectivity index is 2.54. The number of pyridine rings is 1. The maximum Gasteiger partial charge on any atom is 0.267 e. The van der Waals surface area contributed by atoms with E-state index in [4.69, 9.17) is 16.3 Å². The number of rotatable bonds is 3. The Morgan fingerprint density at radius 1 is 1.38 bits per heavy atom. The SMILES string of the molecule is Cc1cc2sc(C(=O)N(CC#N)CC#N)c(N)c2c(C)n1. The highest BCUT2D eigenvalue weighted by molar-refractivity contribution is 7.21. The number of anilines is 1. The molecule has 21 heavy (non-hydrogen) atoms. The van der Waals surface area contributed by atoms with Crippen LogP contribution in [0.3, 0.4) is 0 Å². The number of thiophene rings is 1. The fourth-order valence-corrected chi connectivity index (χ4v) is 3.39. The molecule has 7 heteroatoms. The number of aryl methyl sites for hydroxylation is 2. The minimum Gasteiger partial charge on any atom is -0.397 e. The zero-order valence-electron chi connectivity index (χ0n) is 11.7. The maximum absolute atomic E-state index is 12.4. The lowest BCUT2D eigenvalue weighted by Gasteiger charge is -2.14. The van der Waals surface area contributed by atoms with Gasteiger partial charge < -0.3 is 10.6 Å². The van der Waals surface area contributed by atoms with Crippen molar-refractivity contribution in [3.8, 4) is 12.1 Å². The van der Waals surface area contributed by atoms with E-state index in [1.54, 1.807) is 0 Å². The molecule has 1 amide bonds. The molecule has 2 rings (SSSR count). The third kappa shape index (κ3) is 2.64. The molecule has 2 N–H and O–H groups in total. The van der Waals surface area contributed by atoms with Crippen LogP contribution in [0.4, 0.5) is 5.69 Å². The zero-order chi connectivity index (χ0) is 15.6. The van der Waals surface area contributed by atoms with Gasteiger partial charge in [0.05, 0.1) is 17.8 Å². The normalized spacial score (nSPS) is 10.1. The molecule has 0 unspecified atom stereocenters. The zero-order valence-corrected chi connectivity index (χ0v) is 12.5. The maximum atomic E-state index is 12.4. The Kier molecular flexibility index (Phi) is 4.06. The number of carbonyl (C=O) groups is 1. The summed E-state index contributed by atoms with van der Waals surface area (Å²) in [5, 5.41) is 18.3. The molecule has 6 nitrogen and oxygen atoms in total. The van der Waals surface area contributed by atoms with Crippen molar-refractivity contribution in [2.75, 3.05) is 18.8 Å². The molecule has 2 aromatic heterocycles. The standard InChI is InChI=1S/C14H13N5OS/c1-8-7-10-11(9(2)18-8)12(17)13(21-10)14(20)19(5-3-15)6-4-16/h7H,5-6,17H2,1-2H3. The van der Waals surface area contributed by atoms with Crippen LogP contribution in [0.1, 0.15) is 21.1 Å². The highest BCUT2D eigenvalue weighted by Gasteiger charge is 2.23. The molecule has 0 aliphatic rings. The van der Waals surface area contributed by atoms with Crippen LogP contribution in [0.5, 0.6) is 0 Å². The van der Waals surface area contributed by atoms with Crippen LogP contribution in [0.2, 0.25) is 0 Å². The summed E-state index contributed by atoms with van der Waals surface area (Å²) in [4.78, 5) is 18.3. The Morgan fingerprint density at radius 3 is 2.57 bits per heavy atom. The summed E-state index contributed by atoms with van der Waals surface area (Å²) in [6, 6.07) is 5.64. The van der Waals surface area contributed by atoms with Gasteiger partial charge in [-0.15, -0.1) is 11.3 Å². The van der Waals surface area contributed by atoms with Crippen LogP contribution < -0.4 is 5.73 Å². The van der Waals surface area contributed by atoms with Crippen molar-refractivity contribution in [2.24, 2.45) is 0 Å². The van der Waals surface area contributed by atoms with Crippen LogP contribution in [0.15, 0.2) is 6.07 Å². The predicted octanol–water partition coefficient (Wildman–Crippen LogP) is 1.98. The van der Waals surface area contributed by atoms with E-state index < -0.39 is 5.91 Å². The second-order valence-electron chi connectivity index (χ2n) is 4.54. The predicted molar refractivity (Wildman–Crippen MR) is 80.6 cm³/mol. The Morgan fingerprint density at radius 2 is 2.00 bits per heavy atom. The second kappa shape index (κ2) is 5.78. The molecule has 0 atom stereocenters. The first-order valence-corrected chi connectivity index (χ1v) is 7.00. The number of fused-ring (bicyclic) bond motifs is 1. The van der Waals surface area contributed by atoms with Gasteiger partial charge in [0.1, 0.15) is 18.0 Å². The van der Waals surface area contributed by atoms with Gasteiger partial charge >= 0.3 is 0 Å². The van der Waals surface area contributed by atoms with Gasteiger partial charge in [-0.25, -0.2) is 0 Å². The number of hydrogen-bond donors (Lipinski definition) is 1. The summed E-state index contributed by atoms with van der Waals surface area (Å²) in [5.41, 5.74) is 8.07. The minimum atomic E-state index is -0.395. The summed E-state index contributed by atoms with van der Waals surface area (Å²) in [6.45, 7) is 3.43. The Labute approximate surface area is 126 Å². The van der Waals surface area contributed by atoms with Crippen molar-refractivity contribution in [3.63, 3.8) is 0 Å². The number of amides is 1. The minimum absolute atomic E-state index is 0.143. The molecular formula is C14H13N5OS. The van der Waals surface area contributed by atoms with Crippen LogP contribution in [-0.4, -0.2) is 28.9 Å². The van der Waals surface area contributed by atoms with E-state index in [2.05, 4.69) is 4.98 Å². The number of nitrogens with zero attached hydrogens (tertiary/aromatic N) is 4. The first-order chi connectivity index (χ1) is 9.99. The van der Waals surface area contributed by atoms with E-state index in [0.29, 0.717) is 10.6 Å². The number of nitrogens with two attached hydrogens (primary N) is 1. The third-order valence-electron chi connectivity index (χ3n) is 3.02. The van der Waals surface area contributed by atoms with Gasteiger partial charge in [0.25, 0.3) is 5.91 Å². The van der Waals surface area contributed by atoms with Crippen molar-refractivity contribution in [1.29, 1.82) is 10.5 Å². The van der Waals surface area contributed by atoms with E-state index in [0.717, 1.165) is 21.5 Å². The van der Waals surface area contributed by atoms with Gasteiger partial charge in [-0.2, -0.15) is 10.5 Å². The molecule has 106 valence electrons. The topological polar surface area (TPSA) is 107 Å². The highest BCUT2D eigenvalue weighted by Crippen LogP contribution is 2.36. The largest absolute Gasteiger partial charge is 0.397 e. The molecule has 0 spiro atoms. The molecule has 0 bridgehead atoms. The highest BCUT2D eigenvalue weighted by atomic mass is 32.1. The monoisotopic (exact) mass is 299 g/mol. The van der Waals surface area contributed by atoms with E-state index in [1.165, 1.54) is 16.2 Å². The number of nitrogen functional groups attached to an aromatic ring is 1. The molecular weight excluding hydrogens is 286 g/mol. The Hall–Kier alpha value is -2.64. The van der Waals surface area contributed by atoms with E-state index in [9.17, 15) is 4.79 Å². The molecule has 0 aliphatic heterocycles. The first kappa shape index (κ1) is 14.8. The first-order valence-electron chi connectivity index (χ1n) is 6.19. The van der Waals surface area contributed by atoms with Gasteiger partial charge in [-0.3, -0.25) is 9.78 Å². The van der Waals surface area contributed by atoms with E-state index >= 15 is 0 Å². The lowest BCUT2D eigenvalue weighted by molar-refractivity contribution is 0.0800. The number of hydrogen-bond acceptors (Lipinski definition) is 6. The molecule has 0 fully saturated rings. The lowest BCUT2D eigenvalue weighted by atomic mass is 10.2. The average molecular weight is 299 g/mol. The molecule has 0 radical (unpaired) electrons. The van der Waals surface area contributed by atoms with Crippen molar-refractivity contribution in [2.45, 2.75) is 13.8 Å². The summed E-state index contributed by atoms with van der Waals surface area (Å²) in [5.74, 6) is -0.395. The van der Waals surface area contributed by atoms with Crippen LogP contribution >= 0.6 is 11.3 Å². The van der Waals surface area contributed by atoms with Crippen molar-refractivity contribution >= 4 is 33.0 Å². The fraction of sp³-hybridized carbons (Fsp3) is 0.286. The quantitative estimate of drug-likeness (QED) is 0.872. The van der Waals surface area contributed by atoms with Gasteiger partial charge in [0.15, 0.2) is 0 Å². The summed E-state index contributed by atoms with van der Waals surface area (Å²) >= 11 is 1.27. The van der Waals surface area contributed by atoms with Crippen LogP contribution in [0, 0.1) is 36.5 Å². The van der Waals surface area contributed by atoms with Gasteiger partial charge in [-0.1, -0.05) is 0 Å². The fourth-order valence-electron chi connectivity index (χ4n) is 2.15. The summed E-state index contributed by atoms with van der Waals surface area (Å²) in [7, 11) is 0. The van der Waals surface area contributed by atoms with Gasteiger partial charge in [0.2, 0.25) is 0 Å². The number of carbonyl (C=O) groups excluding carboxylic acids is 1. The smallest absolute Gasteiger partial charge is 0.267 e. The second-order valence-corrected chi connectivity index (χ2v) is 5.60. The lowest BCUT2D eigenvalue weighted by Crippen LogP contribution is -2.31. The number of aromatic nitrogens is 1. The number of nitriles is 2. The van der Waals surface area contributed by atoms with Crippen molar-refractivity contribution in [1.82, 2.24) is 9.88 Å². The third-order valence-corrected chi connectivity index (χ3v) is 4.16. The van der Waals surface area contributed by atoms with E-state index in [-0.39, 0.29) is 13.1 Å². The van der Waals surface area contributed by atoms with E-state index in [1.807, 2.05) is 32.1 Å². The summed E-state index contributed by atoms with van der Waals surface area (Å²) in [6.07, 6.45) is 0. The average Bonchev–Trinajstić information content (AvgIpc) is 2.74. The van der Waals surface area contributed by atoms with Crippen molar-refractivity contribution in [3.05, 3.63) is 22.3 Å². The molecule has 0 aliphatic carbocycles. The summed E-state index contributed by atoms with van der Waals surface area (Å²) < 4.78 is 0.884. The van der Waals surface area contributed by atoms with Crippen LogP contribution in [-0.2, 0) is 0 Å². The van der Waals surface area contributed by atoms with Crippen molar-refractivity contribution < 1.29 is 4.79 Å². The molecule has 0 saturated heterocycles. The van der Waals surface area contributed by atoms with Crippen LogP contribution in [0.25, 0.3) is 10.1 Å². The Bertz CT molecular complexity index is 780. The van der Waals surface area contributed by atoms with Gasteiger partial charge in [-0.05, 0) is 19.9 Å². The molecule has 0 saturated carbocycles. The molecule has 0 aromatic carbocycles. The molecule has 2 aromatic rings.